The number of tetrazole rings is 1. The summed E-state index contributed by atoms with van der Waals surface area (Å²) in [6.45, 7) is 0.343. The molecule has 1 N–H and O–H groups in total. The summed E-state index contributed by atoms with van der Waals surface area (Å²) in [5.74, 6) is 0.510. The molecule has 0 spiro atoms. The van der Waals surface area contributed by atoms with Crippen LogP contribution in [0.2, 0.25) is 5.02 Å². The molecule has 128 valence electrons. The summed E-state index contributed by atoms with van der Waals surface area (Å²) < 4.78 is 1.64. The maximum absolute atomic E-state index is 12.3. The number of halogens is 1. The minimum Gasteiger partial charge on any atom is -0.377 e. The fourth-order valence-electron chi connectivity index (χ4n) is 2.35. The molecule has 1 heterocycles. The van der Waals surface area contributed by atoms with Gasteiger partial charge in [-0.15, -0.1) is 5.10 Å². The van der Waals surface area contributed by atoms with Crippen molar-refractivity contribution in [1.82, 2.24) is 25.1 Å². The van der Waals surface area contributed by atoms with E-state index in [1.54, 1.807) is 37.0 Å². The molecule has 1 aromatic heterocycles. The Balaban J connectivity index is 1.85. The quantitative estimate of drug-likeness (QED) is 0.760. The van der Waals surface area contributed by atoms with Crippen LogP contribution in [-0.4, -0.2) is 45.1 Å². The molecule has 0 saturated heterocycles. The number of carbonyl (C=O) groups excluding carboxylic acids is 1. The van der Waals surface area contributed by atoms with E-state index in [1.165, 1.54) is 4.90 Å². The normalized spacial score (nSPS) is 10.5. The first-order valence-electron chi connectivity index (χ1n) is 7.64. The number of para-hydroxylation sites is 1. The Bertz CT molecular complexity index is 878. The van der Waals surface area contributed by atoms with Gasteiger partial charge in [-0.25, -0.2) is 0 Å². The number of carbonyl (C=O) groups is 1. The molecule has 3 aromatic rings. The highest BCUT2D eigenvalue weighted by Crippen LogP contribution is 2.23. The molecule has 1 amide bonds. The zero-order chi connectivity index (χ0) is 17.8. The number of aromatic nitrogens is 4. The van der Waals surface area contributed by atoms with Crippen molar-refractivity contribution in [3.63, 3.8) is 0 Å². The fraction of sp³-hybridized carbons (Fsp3) is 0.176. The molecule has 3 rings (SSSR count). The predicted molar refractivity (Wildman–Crippen MR) is 96.0 cm³/mol. The van der Waals surface area contributed by atoms with E-state index in [0.29, 0.717) is 28.6 Å². The van der Waals surface area contributed by atoms with Crippen molar-refractivity contribution in [2.24, 2.45) is 0 Å². The van der Waals surface area contributed by atoms with E-state index in [2.05, 4.69) is 20.8 Å². The molecule has 7 nitrogen and oxygen atoms in total. The minimum atomic E-state index is -0.109. The van der Waals surface area contributed by atoms with Gasteiger partial charge in [0.15, 0.2) is 5.82 Å². The molecular formula is C17H17ClN6O. The summed E-state index contributed by atoms with van der Waals surface area (Å²) >= 11 is 6.08. The van der Waals surface area contributed by atoms with Crippen molar-refractivity contribution in [3.05, 3.63) is 64.9 Å². The molecule has 0 unspecified atom stereocenters. The molecule has 8 heteroatoms. The van der Waals surface area contributed by atoms with E-state index < -0.39 is 0 Å². The molecule has 0 aliphatic rings. The molecule has 25 heavy (non-hydrogen) atoms. The second kappa shape index (κ2) is 7.31. The average Bonchev–Trinajstić information content (AvgIpc) is 3.08. The highest BCUT2D eigenvalue weighted by atomic mass is 35.5. The lowest BCUT2D eigenvalue weighted by molar-refractivity contribution is 0.0828. The Hall–Kier alpha value is -2.93. The maximum Gasteiger partial charge on any atom is 0.255 e. The van der Waals surface area contributed by atoms with Crippen molar-refractivity contribution in [2.75, 3.05) is 19.4 Å². The maximum atomic E-state index is 12.3. The number of anilines is 1. The molecular weight excluding hydrogens is 340 g/mol. The first-order chi connectivity index (χ1) is 12.1. The number of nitrogens with zero attached hydrogens (tertiary/aromatic N) is 5. The van der Waals surface area contributed by atoms with Crippen LogP contribution in [0.1, 0.15) is 16.2 Å². The zero-order valence-corrected chi connectivity index (χ0v) is 14.6. The highest BCUT2D eigenvalue weighted by molar-refractivity contribution is 6.31. The second-order valence-corrected chi connectivity index (χ2v) is 6.02. The SMILES string of the molecule is CN(C)C(=O)c1ccc(Cl)cc1NCc1nnnn1-c1ccccc1. The Morgan fingerprint density at radius 2 is 1.96 bits per heavy atom. The van der Waals surface area contributed by atoms with Crippen molar-refractivity contribution in [1.29, 1.82) is 0 Å². The van der Waals surface area contributed by atoms with Crippen LogP contribution in [0.25, 0.3) is 5.69 Å². The zero-order valence-electron chi connectivity index (χ0n) is 13.8. The largest absolute Gasteiger partial charge is 0.377 e. The number of hydrogen-bond donors (Lipinski definition) is 1. The molecule has 0 atom stereocenters. The van der Waals surface area contributed by atoms with Gasteiger partial charge in [-0.1, -0.05) is 29.8 Å². The summed E-state index contributed by atoms with van der Waals surface area (Å²) in [7, 11) is 3.41. The van der Waals surface area contributed by atoms with Crippen LogP contribution in [-0.2, 0) is 6.54 Å². The van der Waals surface area contributed by atoms with Crippen LogP contribution >= 0.6 is 11.6 Å². The third-order valence-corrected chi connectivity index (χ3v) is 3.83. The number of rotatable bonds is 5. The third-order valence-electron chi connectivity index (χ3n) is 3.59. The van der Waals surface area contributed by atoms with Crippen LogP contribution in [0.3, 0.4) is 0 Å². The van der Waals surface area contributed by atoms with Gasteiger partial charge < -0.3 is 10.2 Å². The second-order valence-electron chi connectivity index (χ2n) is 5.59. The van der Waals surface area contributed by atoms with E-state index in [1.807, 2.05) is 30.3 Å². The standard InChI is InChI=1S/C17H17ClN6O/c1-23(2)17(25)14-9-8-12(18)10-15(14)19-11-16-20-21-22-24(16)13-6-4-3-5-7-13/h3-10,19H,11H2,1-2H3. The van der Waals surface area contributed by atoms with Gasteiger partial charge in [0.05, 0.1) is 17.8 Å². The van der Waals surface area contributed by atoms with Gasteiger partial charge in [0, 0.05) is 24.8 Å². The van der Waals surface area contributed by atoms with E-state index in [0.717, 1.165) is 5.69 Å². The summed E-state index contributed by atoms with van der Waals surface area (Å²) in [6, 6.07) is 14.7. The Morgan fingerprint density at radius 3 is 2.68 bits per heavy atom. The van der Waals surface area contributed by atoms with Crippen LogP contribution in [0.4, 0.5) is 5.69 Å². The Morgan fingerprint density at radius 1 is 1.20 bits per heavy atom. The Labute approximate surface area is 150 Å². The topological polar surface area (TPSA) is 75.9 Å². The van der Waals surface area contributed by atoms with Crippen molar-refractivity contribution in [2.45, 2.75) is 6.54 Å². The molecule has 0 aliphatic carbocycles. The van der Waals surface area contributed by atoms with Gasteiger partial charge in [0.2, 0.25) is 0 Å². The van der Waals surface area contributed by atoms with E-state index in [4.69, 9.17) is 11.6 Å². The first-order valence-corrected chi connectivity index (χ1v) is 8.02. The van der Waals surface area contributed by atoms with Crippen LogP contribution in [0, 0.1) is 0 Å². The lowest BCUT2D eigenvalue weighted by Crippen LogP contribution is -2.23. The van der Waals surface area contributed by atoms with Crippen molar-refractivity contribution in [3.8, 4) is 5.69 Å². The van der Waals surface area contributed by atoms with Crippen LogP contribution in [0.5, 0.6) is 0 Å². The van der Waals surface area contributed by atoms with Gasteiger partial charge >= 0.3 is 0 Å². The Kier molecular flexibility index (Phi) is 4.95. The molecule has 0 radical (unpaired) electrons. The summed E-state index contributed by atoms with van der Waals surface area (Å²) in [5, 5.41) is 15.6. The van der Waals surface area contributed by atoms with E-state index in [9.17, 15) is 4.79 Å². The van der Waals surface area contributed by atoms with Gasteiger partial charge in [0.1, 0.15) is 0 Å². The average molecular weight is 357 g/mol. The van der Waals surface area contributed by atoms with Crippen LogP contribution < -0.4 is 5.32 Å². The van der Waals surface area contributed by atoms with E-state index in [-0.39, 0.29) is 5.91 Å². The van der Waals surface area contributed by atoms with Gasteiger partial charge in [-0.3, -0.25) is 4.79 Å². The number of nitrogens with one attached hydrogen (secondary N) is 1. The molecule has 0 bridgehead atoms. The monoisotopic (exact) mass is 356 g/mol. The van der Waals surface area contributed by atoms with Crippen LogP contribution in [0.15, 0.2) is 48.5 Å². The summed E-state index contributed by atoms with van der Waals surface area (Å²) in [6.07, 6.45) is 0. The smallest absolute Gasteiger partial charge is 0.255 e. The molecule has 2 aromatic carbocycles. The molecule has 0 fully saturated rings. The summed E-state index contributed by atoms with van der Waals surface area (Å²) in [5.41, 5.74) is 2.03. The van der Waals surface area contributed by atoms with Gasteiger partial charge in [-0.2, -0.15) is 4.68 Å². The van der Waals surface area contributed by atoms with Crippen molar-refractivity contribution >= 4 is 23.2 Å². The third kappa shape index (κ3) is 3.77. The fourth-order valence-corrected chi connectivity index (χ4v) is 2.52. The highest BCUT2D eigenvalue weighted by Gasteiger charge is 2.15. The number of benzene rings is 2. The molecule has 0 aliphatic heterocycles. The van der Waals surface area contributed by atoms with Gasteiger partial charge in [0.25, 0.3) is 5.91 Å². The lowest BCUT2D eigenvalue weighted by atomic mass is 10.1. The minimum absolute atomic E-state index is 0.109. The van der Waals surface area contributed by atoms with Crippen molar-refractivity contribution < 1.29 is 4.79 Å². The van der Waals surface area contributed by atoms with Gasteiger partial charge in [-0.05, 0) is 40.8 Å². The first kappa shape index (κ1) is 16.9. The predicted octanol–water partition coefficient (Wildman–Crippen LogP) is 2.63. The lowest BCUT2D eigenvalue weighted by Gasteiger charge is -2.15. The number of hydrogen-bond acceptors (Lipinski definition) is 5. The summed E-state index contributed by atoms with van der Waals surface area (Å²) in [4.78, 5) is 13.8. The molecule has 0 saturated carbocycles. The number of amides is 1. The van der Waals surface area contributed by atoms with E-state index >= 15 is 0 Å².